The molecule has 2 aromatic heterocycles. The number of hydrogen-bond donors (Lipinski definition) is 4. The minimum Gasteiger partial charge on any atom is -0.457 e. The maximum absolute atomic E-state index is 16.5. The number of para-hydroxylation sites is 1. The van der Waals surface area contributed by atoms with Gasteiger partial charge in [0.1, 0.15) is 45.6 Å². The standard InChI is InChI=1S/C42H30F4N4O6/c1-19-8-10-23-32(14-19)56-33-15-20(2)26(16-28(33)37(23)50-40(53)24-11-9-21(3)47-38(24)51)27-18-34-29(17-30(27)43)36(22-6-4-5-7-31(22)55-34)49-41(54)25-12-13-35(42(44,45)46)48-39(25)52/h4-18,36-37H,1-3H3,(H,47,51)(H,48,52)(H,49,54)(H,50,53). The summed E-state index contributed by atoms with van der Waals surface area (Å²) >= 11 is 0. The average molecular weight is 763 g/mol. The van der Waals surface area contributed by atoms with E-state index in [4.69, 9.17) is 9.47 Å². The Hall–Kier alpha value is -6.96. The molecule has 2 atom stereocenters. The second-order valence-corrected chi connectivity index (χ2v) is 13.7. The van der Waals surface area contributed by atoms with Crippen LogP contribution >= 0.6 is 0 Å². The molecule has 4 N–H and O–H groups in total. The number of halogens is 4. The fourth-order valence-corrected chi connectivity index (χ4v) is 7.04. The number of benzene rings is 4. The first-order valence-corrected chi connectivity index (χ1v) is 17.3. The van der Waals surface area contributed by atoms with Crippen molar-refractivity contribution < 1.29 is 36.6 Å². The molecule has 0 fully saturated rings. The highest BCUT2D eigenvalue weighted by Crippen LogP contribution is 2.49. The molecule has 4 heterocycles. The van der Waals surface area contributed by atoms with E-state index in [0.717, 1.165) is 11.6 Å². The number of nitrogens with one attached hydrogen (secondary N) is 4. The van der Waals surface area contributed by atoms with Crippen LogP contribution in [0.15, 0.2) is 101 Å². The van der Waals surface area contributed by atoms with Gasteiger partial charge in [-0.25, -0.2) is 4.39 Å². The van der Waals surface area contributed by atoms with Crippen molar-refractivity contribution in [1.29, 1.82) is 0 Å². The van der Waals surface area contributed by atoms with Gasteiger partial charge in [0.25, 0.3) is 22.9 Å². The number of hydrogen-bond acceptors (Lipinski definition) is 6. The summed E-state index contributed by atoms with van der Waals surface area (Å²) < 4.78 is 68.6. The van der Waals surface area contributed by atoms with Crippen LogP contribution in [-0.2, 0) is 6.18 Å². The van der Waals surface area contributed by atoms with Gasteiger partial charge >= 0.3 is 6.18 Å². The number of aromatic nitrogens is 2. The number of carbonyl (C=O) groups is 2. The Bertz CT molecular complexity index is 2760. The second-order valence-electron chi connectivity index (χ2n) is 13.7. The van der Waals surface area contributed by atoms with Gasteiger partial charge < -0.3 is 30.1 Å². The largest absolute Gasteiger partial charge is 0.457 e. The van der Waals surface area contributed by atoms with Crippen molar-refractivity contribution in [2.24, 2.45) is 0 Å². The topological polar surface area (TPSA) is 142 Å². The summed E-state index contributed by atoms with van der Waals surface area (Å²) in [6, 6.07) is 20.8. The molecule has 0 saturated carbocycles. The Balaban J connectivity index is 1.19. The molecular weight excluding hydrogens is 732 g/mol. The van der Waals surface area contributed by atoms with Crippen LogP contribution in [0.4, 0.5) is 17.6 Å². The Kier molecular flexibility index (Phi) is 8.63. The highest BCUT2D eigenvalue weighted by Gasteiger charge is 2.35. The lowest BCUT2D eigenvalue weighted by molar-refractivity contribution is -0.141. The van der Waals surface area contributed by atoms with Crippen molar-refractivity contribution in [2.75, 3.05) is 0 Å². The molecule has 2 unspecified atom stereocenters. The molecule has 2 amide bonds. The minimum atomic E-state index is -4.83. The molecule has 8 rings (SSSR count). The SMILES string of the molecule is Cc1ccc2c(c1)Oc1cc(C)c(-c3cc4c(cc3F)C(NC(=O)c3ccc(C(F)(F)F)[nH]c3=O)c3ccccc3O4)cc1C2NC(=O)c1ccc(C)[nH]c1=O. The molecule has 0 bridgehead atoms. The van der Waals surface area contributed by atoms with Gasteiger partial charge in [-0.05, 0) is 98.1 Å². The number of carbonyl (C=O) groups excluding carboxylic acids is 2. The summed E-state index contributed by atoms with van der Waals surface area (Å²) in [5.41, 5.74) is 0.610. The number of alkyl halides is 3. The third kappa shape index (κ3) is 6.38. The van der Waals surface area contributed by atoms with Crippen molar-refractivity contribution in [1.82, 2.24) is 20.6 Å². The Morgan fingerprint density at radius 3 is 1.89 bits per heavy atom. The minimum absolute atomic E-state index is 0.0904. The van der Waals surface area contributed by atoms with Crippen LogP contribution in [0, 0.1) is 26.6 Å². The van der Waals surface area contributed by atoms with E-state index < -0.39 is 58.3 Å². The van der Waals surface area contributed by atoms with Crippen LogP contribution in [0.25, 0.3) is 11.1 Å². The van der Waals surface area contributed by atoms with Gasteiger partial charge in [0.15, 0.2) is 0 Å². The van der Waals surface area contributed by atoms with Gasteiger partial charge in [-0.15, -0.1) is 0 Å². The molecule has 282 valence electrons. The molecule has 2 aliphatic heterocycles. The number of ether oxygens (including phenoxy) is 2. The van der Waals surface area contributed by atoms with E-state index in [9.17, 15) is 32.3 Å². The van der Waals surface area contributed by atoms with Gasteiger partial charge in [0.2, 0.25) is 0 Å². The summed E-state index contributed by atoms with van der Waals surface area (Å²) in [7, 11) is 0. The quantitative estimate of drug-likeness (QED) is 0.131. The highest BCUT2D eigenvalue weighted by molar-refractivity contribution is 5.95. The van der Waals surface area contributed by atoms with Crippen LogP contribution in [0.5, 0.6) is 23.0 Å². The van der Waals surface area contributed by atoms with Gasteiger partial charge in [-0.3, -0.25) is 19.2 Å². The normalized spacial score (nSPS) is 15.3. The zero-order valence-electron chi connectivity index (χ0n) is 29.8. The fraction of sp³-hybridized carbons (Fsp3) is 0.143. The monoisotopic (exact) mass is 762 g/mol. The lowest BCUT2D eigenvalue weighted by Crippen LogP contribution is -2.35. The molecular formula is C42H30F4N4O6. The first-order chi connectivity index (χ1) is 26.7. The van der Waals surface area contributed by atoms with Crippen LogP contribution in [0.2, 0.25) is 0 Å². The van der Waals surface area contributed by atoms with E-state index in [0.29, 0.717) is 56.8 Å². The maximum Gasteiger partial charge on any atom is 0.431 e. The van der Waals surface area contributed by atoms with Crippen LogP contribution < -0.4 is 31.2 Å². The Morgan fingerprint density at radius 1 is 0.625 bits per heavy atom. The van der Waals surface area contributed by atoms with Crippen molar-refractivity contribution in [3.63, 3.8) is 0 Å². The van der Waals surface area contributed by atoms with Gasteiger partial charge in [0, 0.05) is 33.5 Å². The number of fused-ring (bicyclic) bond motifs is 4. The number of amides is 2. The highest BCUT2D eigenvalue weighted by atomic mass is 19.4. The number of H-pyrrole nitrogens is 2. The maximum atomic E-state index is 16.5. The van der Waals surface area contributed by atoms with Crippen LogP contribution in [0.1, 0.15) is 77.6 Å². The van der Waals surface area contributed by atoms with Crippen LogP contribution in [-0.4, -0.2) is 21.8 Å². The molecule has 4 aromatic carbocycles. The fourth-order valence-electron chi connectivity index (χ4n) is 7.04. The Labute approximate surface area is 315 Å². The summed E-state index contributed by atoms with van der Waals surface area (Å²) in [5, 5.41) is 5.65. The summed E-state index contributed by atoms with van der Waals surface area (Å²) in [5.74, 6) is -0.913. The average Bonchev–Trinajstić information content (AvgIpc) is 3.14. The molecule has 0 aliphatic carbocycles. The molecule has 2 aliphatic rings. The van der Waals surface area contributed by atoms with E-state index >= 15 is 4.39 Å². The first-order valence-electron chi connectivity index (χ1n) is 17.3. The first kappa shape index (κ1) is 36.0. The van der Waals surface area contributed by atoms with Gasteiger partial charge in [0.05, 0.1) is 12.1 Å². The lowest BCUT2D eigenvalue weighted by Gasteiger charge is -2.31. The molecule has 0 radical (unpaired) electrons. The van der Waals surface area contributed by atoms with Crippen molar-refractivity contribution in [2.45, 2.75) is 39.0 Å². The van der Waals surface area contributed by atoms with Crippen molar-refractivity contribution in [3.8, 4) is 34.1 Å². The van der Waals surface area contributed by atoms with Crippen molar-refractivity contribution in [3.05, 3.63) is 173 Å². The molecule has 0 spiro atoms. The smallest absolute Gasteiger partial charge is 0.431 e. The number of rotatable bonds is 5. The number of aryl methyl sites for hydroxylation is 3. The number of aromatic amines is 2. The van der Waals surface area contributed by atoms with E-state index in [1.54, 1.807) is 61.3 Å². The van der Waals surface area contributed by atoms with E-state index in [1.165, 1.54) is 18.2 Å². The predicted molar refractivity (Wildman–Crippen MR) is 197 cm³/mol. The predicted octanol–water partition coefficient (Wildman–Crippen LogP) is 8.06. The summed E-state index contributed by atoms with van der Waals surface area (Å²) in [6.45, 7) is 5.37. The van der Waals surface area contributed by atoms with E-state index in [-0.39, 0.29) is 22.4 Å². The zero-order chi connectivity index (χ0) is 39.6. The summed E-state index contributed by atoms with van der Waals surface area (Å²) in [4.78, 5) is 56.6. The van der Waals surface area contributed by atoms with Crippen molar-refractivity contribution >= 4 is 11.8 Å². The molecule has 0 saturated heterocycles. The molecule has 10 nitrogen and oxygen atoms in total. The van der Waals surface area contributed by atoms with Crippen LogP contribution in [0.3, 0.4) is 0 Å². The summed E-state index contributed by atoms with van der Waals surface area (Å²) in [6.07, 6.45) is -4.83. The van der Waals surface area contributed by atoms with Gasteiger partial charge in [-0.1, -0.05) is 30.3 Å². The number of pyridine rings is 2. The molecule has 6 aromatic rings. The van der Waals surface area contributed by atoms with E-state index in [1.807, 2.05) is 25.1 Å². The zero-order valence-corrected chi connectivity index (χ0v) is 29.8. The Morgan fingerprint density at radius 2 is 1.21 bits per heavy atom. The molecule has 14 heteroatoms. The van der Waals surface area contributed by atoms with Gasteiger partial charge in [-0.2, -0.15) is 13.2 Å². The second kappa shape index (κ2) is 13.4. The third-order valence-corrected chi connectivity index (χ3v) is 9.83. The molecule has 56 heavy (non-hydrogen) atoms. The third-order valence-electron chi connectivity index (χ3n) is 9.83. The van der Waals surface area contributed by atoms with E-state index in [2.05, 4.69) is 15.6 Å². The lowest BCUT2D eigenvalue weighted by atomic mass is 9.87.